The van der Waals surface area contributed by atoms with E-state index in [2.05, 4.69) is 32.7 Å². The fourth-order valence-corrected chi connectivity index (χ4v) is 3.02. The molecule has 0 saturated carbocycles. The molecule has 2 aromatic heterocycles. The Balaban J connectivity index is 0.00000364. The number of nitrogens with zero attached hydrogens (tertiary/aromatic N) is 4. The predicted octanol–water partition coefficient (Wildman–Crippen LogP) is 4.20. The number of pyridine rings is 1. The van der Waals surface area contributed by atoms with E-state index in [0.717, 1.165) is 43.4 Å². The summed E-state index contributed by atoms with van der Waals surface area (Å²) < 4.78 is 2.05. The lowest BCUT2D eigenvalue weighted by molar-refractivity contribution is 0.583. The maximum Gasteiger partial charge on any atom is 0.190 e. The Morgan fingerprint density at radius 1 is 0.963 bits per heavy atom. The molecule has 2 heterocycles. The molecule has 0 spiro atoms. The number of aromatic nitrogens is 3. The highest BCUT2D eigenvalue weighted by atomic mass is 127. The Morgan fingerprint density at radius 2 is 1.67 bits per heavy atom. The van der Waals surface area contributed by atoms with Crippen LogP contribution in [0.2, 0.25) is 0 Å². The van der Waals surface area contributed by atoms with Gasteiger partial charge in [-0.25, -0.2) is 0 Å². The molecule has 2 rings (SSSR count). The van der Waals surface area contributed by atoms with Crippen molar-refractivity contribution < 1.29 is 0 Å². The summed E-state index contributed by atoms with van der Waals surface area (Å²) in [4.78, 5) is 4.29. The second-order valence-corrected chi connectivity index (χ2v) is 6.70. The topological polar surface area (TPSA) is 66.6 Å². The smallest absolute Gasteiger partial charge is 0.190 e. The number of aryl methyl sites for hydroxylation is 1. The van der Waals surface area contributed by atoms with E-state index in [9.17, 15) is 0 Å². The number of hydrogen-bond donors (Lipinski definition) is 2. The number of fused-ring (bicyclic) bond motifs is 1. The van der Waals surface area contributed by atoms with Crippen molar-refractivity contribution in [3.63, 3.8) is 0 Å². The molecule has 0 amide bonds. The van der Waals surface area contributed by atoms with Gasteiger partial charge in [0, 0.05) is 32.8 Å². The molecule has 0 saturated heterocycles. The molecule has 0 aliphatic rings. The van der Waals surface area contributed by atoms with Crippen LogP contribution in [0.25, 0.3) is 5.65 Å². The van der Waals surface area contributed by atoms with E-state index in [4.69, 9.17) is 0 Å². The summed E-state index contributed by atoms with van der Waals surface area (Å²) in [5.74, 6) is 1.90. The highest BCUT2D eigenvalue weighted by Crippen LogP contribution is 2.06. The van der Waals surface area contributed by atoms with Crippen LogP contribution in [0, 0.1) is 0 Å². The average Bonchev–Trinajstić information content (AvgIpc) is 3.08. The number of nitrogens with one attached hydrogen (secondary N) is 2. The molecule has 0 radical (unpaired) electrons. The van der Waals surface area contributed by atoms with Gasteiger partial charge in [-0.05, 0) is 25.0 Å². The van der Waals surface area contributed by atoms with Crippen LogP contribution in [-0.2, 0) is 6.42 Å². The van der Waals surface area contributed by atoms with Gasteiger partial charge >= 0.3 is 0 Å². The zero-order chi connectivity index (χ0) is 18.5. The third kappa shape index (κ3) is 8.90. The standard InChI is InChI=1S/C20H34N6.HI/c1-3-4-5-6-7-8-10-15-22-20(21-2)23-16-12-14-19-25-24-18-13-9-11-17-26(18)19;/h9,11,13,17H,3-8,10,12,14-16H2,1-2H3,(H2,21,22,23);1H. The van der Waals surface area contributed by atoms with E-state index in [1.165, 1.54) is 44.9 Å². The molecule has 7 heteroatoms. The number of halogens is 1. The molecule has 0 bridgehead atoms. The lowest BCUT2D eigenvalue weighted by Crippen LogP contribution is -2.38. The van der Waals surface area contributed by atoms with Gasteiger partial charge in [-0.15, -0.1) is 34.2 Å². The third-order valence-electron chi connectivity index (χ3n) is 4.55. The number of unbranched alkanes of at least 4 members (excludes halogenated alkanes) is 6. The van der Waals surface area contributed by atoms with Gasteiger partial charge in [0.2, 0.25) is 0 Å². The van der Waals surface area contributed by atoms with Gasteiger partial charge < -0.3 is 10.6 Å². The van der Waals surface area contributed by atoms with Crippen molar-refractivity contribution in [1.82, 2.24) is 25.2 Å². The Morgan fingerprint density at radius 3 is 2.41 bits per heavy atom. The van der Waals surface area contributed by atoms with E-state index in [1.54, 1.807) is 0 Å². The minimum atomic E-state index is 0. The predicted molar refractivity (Wildman–Crippen MR) is 124 cm³/mol. The van der Waals surface area contributed by atoms with Crippen molar-refractivity contribution in [2.75, 3.05) is 20.1 Å². The highest BCUT2D eigenvalue weighted by molar-refractivity contribution is 14.0. The van der Waals surface area contributed by atoms with Gasteiger partial charge in [0.25, 0.3) is 0 Å². The van der Waals surface area contributed by atoms with Crippen LogP contribution >= 0.6 is 24.0 Å². The molecule has 0 aromatic carbocycles. The van der Waals surface area contributed by atoms with Crippen LogP contribution in [0.15, 0.2) is 29.4 Å². The van der Waals surface area contributed by atoms with Crippen molar-refractivity contribution >= 4 is 35.6 Å². The van der Waals surface area contributed by atoms with E-state index < -0.39 is 0 Å². The van der Waals surface area contributed by atoms with Crippen molar-refractivity contribution in [3.8, 4) is 0 Å². The molecule has 0 aliphatic heterocycles. The second-order valence-electron chi connectivity index (χ2n) is 6.70. The Labute approximate surface area is 180 Å². The molecular weight excluding hydrogens is 451 g/mol. The first-order valence-electron chi connectivity index (χ1n) is 10.1. The van der Waals surface area contributed by atoms with Crippen molar-refractivity contribution in [2.24, 2.45) is 4.99 Å². The van der Waals surface area contributed by atoms with Crippen LogP contribution < -0.4 is 10.6 Å². The highest BCUT2D eigenvalue weighted by Gasteiger charge is 2.04. The zero-order valence-corrected chi connectivity index (χ0v) is 19.1. The molecule has 2 aromatic rings. The second kappa shape index (κ2) is 14.6. The summed E-state index contributed by atoms with van der Waals surface area (Å²) in [6.45, 7) is 4.12. The summed E-state index contributed by atoms with van der Waals surface area (Å²) in [5.41, 5.74) is 0.905. The molecule has 0 aliphatic carbocycles. The van der Waals surface area contributed by atoms with Gasteiger partial charge in [0.1, 0.15) is 5.82 Å². The number of rotatable bonds is 12. The van der Waals surface area contributed by atoms with E-state index in [1.807, 2.05) is 35.8 Å². The lowest BCUT2D eigenvalue weighted by atomic mass is 10.1. The summed E-state index contributed by atoms with van der Waals surface area (Å²) in [7, 11) is 1.83. The maximum absolute atomic E-state index is 4.29. The Hall–Kier alpha value is -1.38. The average molecular weight is 486 g/mol. The fourth-order valence-electron chi connectivity index (χ4n) is 3.02. The molecule has 0 atom stereocenters. The molecule has 152 valence electrons. The van der Waals surface area contributed by atoms with Gasteiger partial charge in [-0.1, -0.05) is 51.5 Å². The van der Waals surface area contributed by atoms with E-state index in [-0.39, 0.29) is 24.0 Å². The minimum Gasteiger partial charge on any atom is -0.356 e. The normalized spacial score (nSPS) is 11.4. The molecule has 0 fully saturated rings. The van der Waals surface area contributed by atoms with Gasteiger partial charge in [-0.2, -0.15) is 0 Å². The van der Waals surface area contributed by atoms with Gasteiger partial charge in [-0.3, -0.25) is 9.39 Å². The number of guanidine groups is 1. The van der Waals surface area contributed by atoms with Crippen LogP contribution in [0.4, 0.5) is 0 Å². The quantitative estimate of drug-likeness (QED) is 0.204. The van der Waals surface area contributed by atoms with Gasteiger partial charge in [0.15, 0.2) is 11.6 Å². The lowest BCUT2D eigenvalue weighted by Gasteiger charge is -2.11. The van der Waals surface area contributed by atoms with Crippen LogP contribution in [0.3, 0.4) is 0 Å². The van der Waals surface area contributed by atoms with Crippen LogP contribution in [-0.4, -0.2) is 40.7 Å². The molecule has 27 heavy (non-hydrogen) atoms. The van der Waals surface area contributed by atoms with Crippen molar-refractivity contribution in [2.45, 2.75) is 64.7 Å². The fraction of sp³-hybridized carbons (Fsp3) is 0.650. The summed E-state index contributed by atoms with van der Waals surface area (Å²) in [6, 6.07) is 5.97. The Kier molecular flexibility index (Phi) is 12.8. The van der Waals surface area contributed by atoms with E-state index in [0.29, 0.717) is 0 Å². The zero-order valence-electron chi connectivity index (χ0n) is 16.8. The van der Waals surface area contributed by atoms with Crippen molar-refractivity contribution in [3.05, 3.63) is 30.2 Å². The molecule has 2 N–H and O–H groups in total. The molecule has 6 nitrogen and oxygen atoms in total. The molecule has 0 unspecified atom stereocenters. The van der Waals surface area contributed by atoms with E-state index >= 15 is 0 Å². The first-order valence-corrected chi connectivity index (χ1v) is 10.1. The monoisotopic (exact) mass is 486 g/mol. The summed E-state index contributed by atoms with van der Waals surface area (Å²) in [6.07, 6.45) is 13.2. The maximum atomic E-state index is 4.29. The van der Waals surface area contributed by atoms with Crippen molar-refractivity contribution in [1.29, 1.82) is 0 Å². The summed E-state index contributed by atoms with van der Waals surface area (Å²) >= 11 is 0. The SMILES string of the molecule is CCCCCCCCCNC(=NC)NCCCc1nnc2ccccn12.I. The first-order chi connectivity index (χ1) is 12.8. The first kappa shape index (κ1) is 23.7. The minimum absolute atomic E-state index is 0. The number of aliphatic imine (C=N–C) groups is 1. The van der Waals surface area contributed by atoms with Crippen LogP contribution in [0.5, 0.6) is 0 Å². The molecular formula is C20H35IN6. The number of hydrogen-bond acceptors (Lipinski definition) is 3. The summed E-state index contributed by atoms with van der Waals surface area (Å²) in [5, 5.41) is 15.2. The van der Waals surface area contributed by atoms with Crippen LogP contribution in [0.1, 0.15) is 64.1 Å². The third-order valence-corrected chi connectivity index (χ3v) is 4.55. The van der Waals surface area contributed by atoms with Gasteiger partial charge in [0.05, 0.1) is 0 Å². The largest absolute Gasteiger partial charge is 0.356 e. The Bertz CT molecular complexity index is 655.